The maximum absolute atomic E-state index is 13.1. The molecule has 2 saturated heterocycles. The number of nitrogens with one attached hydrogen (secondary N) is 1. The molecule has 0 aliphatic carbocycles. The lowest BCUT2D eigenvalue weighted by molar-refractivity contribution is 0.102. The third-order valence-electron chi connectivity index (χ3n) is 6.92. The summed E-state index contributed by atoms with van der Waals surface area (Å²) < 4.78 is 27.1. The van der Waals surface area contributed by atoms with Crippen molar-refractivity contribution in [1.29, 1.82) is 0 Å². The highest BCUT2D eigenvalue weighted by molar-refractivity contribution is 7.89. The molecular formula is C26H33Cl2N7O3S. The summed E-state index contributed by atoms with van der Waals surface area (Å²) in [4.78, 5) is 28.6. The van der Waals surface area contributed by atoms with Gasteiger partial charge in [-0.2, -0.15) is 4.31 Å². The standard InChI is InChI=1S/C26H31N7O3S.2ClH/c27-25-24(26(34)31-22-17-28-11-9-20(22)10-16-32-12-1-2-13-32)30-23(18-29-25)19-5-7-21(8-6-19)37(35,36)33-14-3-4-15-33;;/h5-9,11,17-18H,1-4,10,12-16H2,(H2,27,29)(H,31,34);2*1H. The van der Waals surface area contributed by atoms with Gasteiger partial charge in [0.15, 0.2) is 11.5 Å². The van der Waals surface area contributed by atoms with E-state index >= 15 is 0 Å². The van der Waals surface area contributed by atoms with Crippen LogP contribution in [0.1, 0.15) is 41.7 Å². The molecule has 3 N–H and O–H groups in total. The molecule has 13 heteroatoms. The summed E-state index contributed by atoms with van der Waals surface area (Å²) in [5, 5.41) is 2.89. The number of hydrogen-bond acceptors (Lipinski definition) is 8. The molecule has 0 radical (unpaired) electrons. The number of hydrogen-bond donors (Lipinski definition) is 2. The van der Waals surface area contributed by atoms with Gasteiger partial charge in [0, 0.05) is 31.4 Å². The zero-order chi connectivity index (χ0) is 25.8. The van der Waals surface area contributed by atoms with Crippen LogP contribution in [0, 0.1) is 0 Å². The van der Waals surface area contributed by atoms with Gasteiger partial charge in [0.1, 0.15) is 0 Å². The molecule has 210 valence electrons. The quantitative estimate of drug-likeness (QED) is 0.404. The molecule has 2 aliphatic rings. The van der Waals surface area contributed by atoms with Gasteiger partial charge in [-0.1, -0.05) is 12.1 Å². The van der Waals surface area contributed by atoms with Crippen molar-refractivity contribution in [1.82, 2.24) is 24.2 Å². The number of carbonyl (C=O) groups excluding carboxylic acids is 1. The highest BCUT2D eigenvalue weighted by Gasteiger charge is 2.27. The second-order valence-corrected chi connectivity index (χ2v) is 11.3. The van der Waals surface area contributed by atoms with E-state index in [1.54, 1.807) is 36.7 Å². The number of halogens is 2. The molecule has 39 heavy (non-hydrogen) atoms. The number of rotatable bonds is 8. The van der Waals surface area contributed by atoms with Crippen LogP contribution in [0.2, 0.25) is 0 Å². The van der Waals surface area contributed by atoms with Gasteiger partial charge in [-0.05, 0) is 69.0 Å². The minimum absolute atomic E-state index is 0. The van der Waals surface area contributed by atoms with E-state index in [1.165, 1.54) is 23.3 Å². The Balaban J connectivity index is 0.00000210. The fourth-order valence-corrected chi connectivity index (χ4v) is 6.32. The zero-order valence-corrected chi connectivity index (χ0v) is 23.9. The lowest BCUT2D eigenvalue weighted by Crippen LogP contribution is -2.27. The third kappa shape index (κ3) is 7.03. The molecule has 0 bridgehead atoms. The molecule has 2 fully saturated rings. The summed E-state index contributed by atoms with van der Waals surface area (Å²) in [6.07, 6.45) is 9.83. The molecule has 0 spiro atoms. The van der Waals surface area contributed by atoms with Crippen molar-refractivity contribution < 1.29 is 13.2 Å². The van der Waals surface area contributed by atoms with E-state index in [9.17, 15) is 13.2 Å². The Labute approximate surface area is 241 Å². The zero-order valence-electron chi connectivity index (χ0n) is 21.5. The highest BCUT2D eigenvalue weighted by atomic mass is 35.5. The Morgan fingerprint density at radius 1 is 0.949 bits per heavy atom. The van der Waals surface area contributed by atoms with E-state index in [0.717, 1.165) is 44.5 Å². The van der Waals surface area contributed by atoms with Crippen LogP contribution >= 0.6 is 24.8 Å². The fraction of sp³-hybridized carbons (Fsp3) is 0.385. The predicted octanol–water partition coefficient (Wildman–Crippen LogP) is 3.64. The molecule has 1 amide bonds. The van der Waals surface area contributed by atoms with Crippen molar-refractivity contribution in [3.05, 3.63) is 60.2 Å². The first-order valence-corrected chi connectivity index (χ1v) is 14.1. The Hall–Kier alpha value is -2.83. The van der Waals surface area contributed by atoms with E-state index in [-0.39, 0.29) is 41.2 Å². The van der Waals surface area contributed by atoms with Crippen LogP contribution in [0.3, 0.4) is 0 Å². The first-order valence-electron chi connectivity index (χ1n) is 12.6. The van der Waals surface area contributed by atoms with E-state index in [2.05, 4.69) is 25.2 Å². The maximum atomic E-state index is 13.1. The fourth-order valence-electron chi connectivity index (χ4n) is 4.80. The van der Waals surface area contributed by atoms with E-state index in [4.69, 9.17) is 5.73 Å². The number of anilines is 2. The number of carbonyl (C=O) groups is 1. The number of aromatic nitrogens is 3. The minimum atomic E-state index is -3.51. The molecule has 2 aliphatic heterocycles. The molecule has 0 atom stereocenters. The number of nitrogens with zero attached hydrogens (tertiary/aromatic N) is 5. The number of likely N-dealkylation sites (tertiary alicyclic amines) is 1. The van der Waals surface area contributed by atoms with Gasteiger partial charge in [0.25, 0.3) is 5.91 Å². The normalized spacial score (nSPS) is 15.9. The van der Waals surface area contributed by atoms with Crippen LogP contribution < -0.4 is 11.1 Å². The third-order valence-corrected chi connectivity index (χ3v) is 8.84. The Kier molecular flexibility index (Phi) is 10.6. The van der Waals surface area contributed by atoms with Gasteiger partial charge in [-0.15, -0.1) is 24.8 Å². The second-order valence-electron chi connectivity index (χ2n) is 9.41. The number of benzene rings is 1. The topological polar surface area (TPSA) is 134 Å². The minimum Gasteiger partial charge on any atom is -0.382 e. The van der Waals surface area contributed by atoms with Crippen LogP contribution in [0.5, 0.6) is 0 Å². The summed E-state index contributed by atoms with van der Waals surface area (Å²) >= 11 is 0. The largest absolute Gasteiger partial charge is 0.382 e. The number of nitrogen functional groups attached to an aromatic ring is 1. The van der Waals surface area contributed by atoms with Crippen molar-refractivity contribution in [2.45, 2.75) is 37.0 Å². The van der Waals surface area contributed by atoms with Crippen LogP contribution in [0.4, 0.5) is 11.5 Å². The molecule has 2 aromatic heterocycles. The number of amides is 1. The molecule has 1 aromatic carbocycles. The highest BCUT2D eigenvalue weighted by Crippen LogP contribution is 2.25. The van der Waals surface area contributed by atoms with Gasteiger partial charge >= 0.3 is 0 Å². The molecule has 5 rings (SSSR count). The molecule has 0 unspecified atom stereocenters. The van der Waals surface area contributed by atoms with E-state index in [1.807, 2.05) is 6.07 Å². The molecule has 3 aromatic rings. The van der Waals surface area contributed by atoms with Crippen molar-refractivity contribution >= 4 is 52.2 Å². The average molecular weight is 595 g/mol. The number of sulfonamides is 1. The van der Waals surface area contributed by atoms with Gasteiger partial charge in [-0.3, -0.25) is 9.78 Å². The average Bonchev–Trinajstić information content (AvgIpc) is 3.64. The summed E-state index contributed by atoms with van der Waals surface area (Å²) in [5.74, 6) is -0.465. The lowest BCUT2D eigenvalue weighted by Gasteiger charge is -2.16. The van der Waals surface area contributed by atoms with Crippen molar-refractivity contribution in [2.24, 2.45) is 0 Å². The second kappa shape index (κ2) is 13.5. The van der Waals surface area contributed by atoms with Crippen molar-refractivity contribution in [3.63, 3.8) is 0 Å². The Morgan fingerprint density at radius 3 is 2.31 bits per heavy atom. The maximum Gasteiger partial charge on any atom is 0.278 e. The van der Waals surface area contributed by atoms with Crippen LogP contribution in [0.15, 0.2) is 53.8 Å². The van der Waals surface area contributed by atoms with Gasteiger partial charge < -0.3 is 16.0 Å². The monoisotopic (exact) mass is 593 g/mol. The van der Waals surface area contributed by atoms with E-state index < -0.39 is 15.9 Å². The van der Waals surface area contributed by atoms with Crippen LogP contribution in [0.25, 0.3) is 11.3 Å². The van der Waals surface area contributed by atoms with Gasteiger partial charge in [0.05, 0.1) is 28.7 Å². The van der Waals surface area contributed by atoms with Crippen LogP contribution in [-0.4, -0.2) is 71.2 Å². The number of pyridine rings is 1. The van der Waals surface area contributed by atoms with E-state index in [0.29, 0.717) is 30.0 Å². The molecule has 4 heterocycles. The molecule has 10 nitrogen and oxygen atoms in total. The summed E-state index contributed by atoms with van der Waals surface area (Å²) in [7, 11) is -3.51. The summed E-state index contributed by atoms with van der Waals surface area (Å²) in [6.45, 7) is 4.23. The van der Waals surface area contributed by atoms with Crippen molar-refractivity contribution in [3.8, 4) is 11.3 Å². The first-order chi connectivity index (χ1) is 17.9. The molecule has 0 saturated carbocycles. The first kappa shape index (κ1) is 30.7. The van der Waals surface area contributed by atoms with Gasteiger partial charge in [-0.25, -0.2) is 18.4 Å². The number of nitrogens with two attached hydrogens (primary N) is 1. The Morgan fingerprint density at radius 2 is 1.62 bits per heavy atom. The lowest BCUT2D eigenvalue weighted by atomic mass is 10.1. The summed E-state index contributed by atoms with van der Waals surface area (Å²) in [5.41, 5.74) is 8.68. The SMILES string of the molecule is Cl.Cl.Nc1ncc(-c2ccc(S(=O)(=O)N3CCCC3)cc2)nc1C(=O)Nc1cnccc1CCN1CCCC1. The predicted molar refractivity (Wildman–Crippen MR) is 156 cm³/mol. The summed E-state index contributed by atoms with van der Waals surface area (Å²) in [6, 6.07) is 8.37. The smallest absolute Gasteiger partial charge is 0.278 e. The van der Waals surface area contributed by atoms with Gasteiger partial charge in [0.2, 0.25) is 10.0 Å². The molecular weight excluding hydrogens is 561 g/mol. The van der Waals surface area contributed by atoms with Crippen LogP contribution in [-0.2, 0) is 16.4 Å². The Bertz CT molecular complexity index is 1380. The van der Waals surface area contributed by atoms with Crippen molar-refractivity contribution in [2.75, 3.05) is 43.8 Å².